The summed E-state index contributed by atoms with van der Waals surface area (Å²) in [7, 11) is 0. The molecule has 0 radical (unpaired) electrons. The number of benzene rings is 2. The first-order chi connectivity index (χ1) is 15.6. The molecule has 2 fully saturated rings. The molecule has 172 valence electrons. The van der Waals surface area contributed by atoms with Gasteiger partial charge in [-0.05, 0) is 54.4 Å². The average Bonchev–Trinajstić information content (AvgIpc) is 3.41. The van der Waals surface area contributed by atoms with Crippen LogP contribution in [0.15, 0.2) is 54.6 Å². The summed E-state index contributed by atoms with van der Waals surface area (Å²) in [6.07, 6.45) is 3.18. The van der Waals surface area contributed by atoms with Crippen molar-refractivity contribution < 1.29 is 24.1 Å². The van der Waals surface area contributed by atoms with Crippen LogP contribution < -0.4 is 4.74 Å². The van der Waals surface area contributed by atoms with E-state index in [0.29, 0.717) is 37.2 Å². The van der Waals surface area contributed by atoms with Gasteiger partial charge in [-0.25, -0.2) is 4.79 Å². The second kappa shape index (κ2) is 10.5. The van der Waals surface area contributed by atoms with Gasteiger partial charge in [-0.1, -0.05) is 62.7 Å². The van der Waals surface area contributed by atoms with Crippen LogP contribution in [0.4, 0.5) is 0 Å². The standard InChI is InChI=1S/C27H34O5/c1-3-8-25(27(28)29)31-21-12-7-11-20(15-21)18(2)26-22(23-13-14-24(26)32-23)17-30-16-19-9-5-4-6-10-19/h4-7,9-12,15,18,22-26H,3,8,13-14,16-17H2,1-2H3,(H,28,29). The predicted octanol–water partition coefficient (Wildman–Crippen LogP) is 5.43. The molecule has 2 aliphatic rings. The van der Waals surface area contributed by atoms with Crippen LogP contribution in [0.25, 0.3) is 0 Å². The van der Waals surface area contributed by atoms with Gasteiger partial charge in [-0.2, -0.15) is 0 Å². The molecular weight excluding hydrogens is 404 g/mol. The summed E-state index contributed by atoms with van der Waals surface area (Å²) in [5.41, 5.74) is 2.35. The highest BCUT2D eigenvalue weighted by molar-refractivity contribution is 5.72. The van der Waals surface area contributed by atoms with Crippen LogP contribution in [-0.4, -0.2) is 36.0 Å². The number of carboxylic acids is 1. The summed E-state index contributed by atoms with van der Waals surface area (Å²) in [6, 6.07) is 18.2. The first-order valence-corrected chi connectivity index (χ1v) is 11.8. The lowest BCUT2D eigenvalue weighted by Crippen LogP contribution is -2.34. The van der Waals surface area contributed by atoms with E-state index in [4.69, 9.17) is 14.2 Å². The van der Waals surface area contributed by atoms with Gasteiger partial charge in [0.15, 0.2) is 6.10 Å². The Bertz CT molecular complexity index is 883. The van der Waals surface area contributed by atoms with Crippen LogP contribution >= 0.6 is 0 Å². The van der Waals surface area contributed by atoms with Crippen LogP contribution in [0, 0.1) is 11.8 Å². The summed E-state index contributed by atoms with van der Waals surface area (Å²) in [5.74, 6) is 0.724. The van der Waals surface area contributed by atoms with Crippen molar-refractivity contribution in [1.29, 1.82) is 0 Å². The van der Waals surface area contributed by atoms with Crippen LogP contribution in [0.2, 0.25) is 0 Å². The molecule has 2 saturated heterocycles. The SMILES string of the molecule is CCCC(Oc1cccc(C(C)C2C3CCC(O3)C2COCc2ccccc2)c1)C(=O)O. The van der Waals surface area contributed by atoms with Crippen molar-refractivity contribution in [3.8, 4) is 5.75 Å². The highest BCUT2D eigenvalue weighted by atomic mass is 16.5. The third kappa shape index (κ3) is 5.16. The van der Waals surface area contributed by atoms with Gasteiger partial charge in [0, 0.05) is 5.92 Å². The van der Waals surface area contributed by atoms with Crippen LogP contribution in [0.5, 0.6) is 5.75 Å². The van der Waals surface area contributed by atoms with Crippen molar-refractivity contribution in [3.05, 3.63) is 65.7 Å². The fourth-order valence-electron chi connectivity index (χ4n) is 5.36. The van der Waals surface area contributed by atoms with E-state index in [-0.39, 0.29) is 18.1 Å². The molecule has 6 unspecified atom stereocenters. The second-order valence-corrected chi connectivity index (χ2v) is 9.13. The number of hydrogen-bond acceptors (Lipinski definition) is 4. The zero-order chi connectivity index (χ0) is 22.5. The minimum absolute atomic E-state index is 0.261. The summed E-state index contributed by atoms with van der Waals surface area (Å²) >= 11 is 0. The molecule has 0 saturated carbocycles. The zero-order valence-electron chi connectivity index (χ0n) is 19.0. The van der Waals surface area contributed by atoms with Crippen molar-refractivity contribution in [2.24, 2.45) is 11.8 Å². The number of ether oxygens (including phenoxy) is 3. The lowest BCUT2D eigenvalue weighted by Gasteiger charge is -2.33. The Kier molecular flexibility index (Phi) is 7.48. The summed E-state index contributed by atoms with van der Waals surface area (Å²) in [5, 5.41) is 9.43. The molecule has 6 atom stereocenters. The molecule has 0 aromatic heterocycles. The normalized spacial score (nSPS) is 26.1. The molecule has 4 rings (SSSR count). The van der Waals surface area contributed by atoms with Crippen molar-refractivity contribution in [3.63, 3.8) is 0 Å². The molecular formula is C27H34O5. The molecule has 2 aromatic rings. The van der Waals surface area contributed by atoms with Crippen molar-refractivity contribution in [1.82, 2.24) is 0 Å². The largest absolute Gasteiger partial charge is 0.479 e. The lowest BCUT2D eigenvalue weighted by atomic mass is 9.71. The molecule has 2 heterocycles. The smallest absolute Gasteiger partial charge is 0.344 e. The first-order valence-electron chi connectivity index (χ1n) is 11.8. The van der Waals surface area contributed by atoms with E-state index in [2.05, 4.69) is 25.1 Å². The molecule has 1 N–H and O–H groups in total. The predicted molar refractivity (Wildman–Crippen MR) is 123 cm³/mol. The quantitative estimate of drug-likeness (QED) is 0.507. The Morgan fingerprint density at radius 1 is 1.12 bits per heavy atom. The van der Waals surface area contributed by atoms with Gasteiger partial charge >= 0.3 is 5.97 Å². The molecule has 5 heteroatoms. The fraction of sp³-hybridized carbons (Fsp3) is 0.519. The van der Waals surface area contributed by atoms with E-state index in [1.165, 1.54) is 5.56 Å². The first kappa shape index (κ1) is 22.8. The minimum atomic E-state index is -0.914. The number of hydrogen-bond donors (Lipinski definition) is 1. The summed E-state index contributed by atoms with van der Waals surface area (Å²) in [4.78, 5) is 11.5. The Morgan fingerprint density at radius 3 is 2.66 bits per heavy atom. The molecule has 0 amide bonds. The summed E-state index contributed by atoms with van der Waals surface area (Å²) in [6.45, 7) is 5.53. The Hall–Kier alpha value is -2.37. The maximum absolute atomic E-state index is 11.5. The van der Waals surface area contributed by atoms with Gasteiger partial charge < -0.3 is 19.3 Å². The number of rotatable bonds is 11. The van der Waals surface area contributed by atoms with Gasteiger partial charge in [-0.15, -0.1) is 0 Å². The van der Waals surface area contributed by atoms with E-state index in [0.717, 1.165) is 24.8 Å². The number of carboxylic acid groups (broad SMARTS) is 1. The topological polar surface area (TPSA) is 65.0 Å². The third-order valence-electron chi connectivity index (χ3n) is 6.97. The Morgan fingerprint density at radius 2 is 1.91 bits per heavy atom. The average molecular weight is 439 g/mol. The van der Waals surface area contributed by atoms with Crippen LogP contribution in [-0.2, 0) is 20.9 Å². The maximum Gasteiger partial charge on any atom is 0.344 e. The van der Waals surface area contributed by atoms with Gasteiger partial charge in [0.05, 0.1) is 25.4 Å². The molecule has 32 heavy (non-hydrogen) atoms. The molecule has 5 nitrogen and oxygen atoms in total. The molecule has 2 aliphatic heterocycles. The van der Waals surface area contributed by atoms with Crippen molar-refractivity contribution in [2.75, 3.05) is 6.61 Å². The van der Waals surface area contributed by atoms with Crippen molar-refractivity contribution in [2.45, 2.75) is 70.4 Å². The van der Waals surface area contributed by atoms with E-state index in [9.17, 15) is 9.90 Å². The van der Waals surface area contributed by atoms with Gasteiger partial charge in [0.2, 0.25) is 0 Å². The Balaban J connectivity index is 1.43. The van der Waals surface area contributed by atoms with E-state index < -0.39 is 12.1 Å². The Labute approximate surface area is 190 Å². The second-order valence-electron chi connectivity index (χ2n) is 9.13. The third-order valence-corrected chi connectivity index (χ3v) is 6.97. The van der Waals surface area contributed by atoms with Gasteiger partial charge in [-0.3, -0.25) is 0 Å². The number of fused-ring (bicyclic) bond motifs is 2. The van der Waals surface area contributed by atoms with Crippen molar-refractivity contribution >= 4 is 5.97 Å². The molecule has 0 spiro atoms. The number of carbonyl (C=O) groups is 1. The van der Waals surface area contributed by atoms with E-state index in [1.807, 2.05) is 43.3 Å². The monoisotopic (exact) mass is 438 g/mol. The zero-order valence-corrected chi connectivity index (χ0v) is 19.0. The van der Waals surface area contributed by atoms with Gasteiger partial charge in [0.1, 0.15) is 5.75 Å². The maximum atomic E-state index is 11.5. The highest BCUT2D eigenvalue weighted by Gasteiger charge is 2.51. The van der Waals surface area contributed by atoms with Crippen LogP contribution in [0.1, 0.15) is 56.6 Å². The fourth-order valence-corrected chi connectivity index (χ4v) is 5.36. The lowest BCUT2D eigenvalue weighted by molar-refractivity contribution is -0.145. The van der Waals surface area contributed by atoms with E-state index in [1.54, 1.807) is 0 Å². The molecule has 2 aromatic carbocycles. The molecule has 0 aliphatic carbocycles. The molecule has 2 bridgehead atoms. The van der Waals surface area contributed by atoms with E-state index >= 15 is 0 Å². The number of aliphatic carboxylic acids is 1. The van der Waals surface area contributed by atoms with Gasteiger partial charge in [0.25, 0.3) is 0 Å². The minimum Gasteiger partial charge on any atom is -0.479 e. The van der Waals surface area contributed by atoms with Crippen LogP contribution in [0.3, 0.4) is 0 Å². The summed E-state index contributed by atoms with van der Waals surface area (Å²) < 4.78 is 18.3. The highest BCUT2D eigenvalue weighted by Crippen LogP contribution is 2.49.